The van der Waals surface area contributed by atoms with E-state index in [0.29, 0.717) is 29.8 Å². The molecule has 0 radical (unpaired) electrons. The molecular weight excluding hydrogens is 406 g/mol. The Morgan fingerprint density at radius 2 is 1.69 bits per heavy atom. The number of imide groups is 1. The van der Waals surface area contributed by atoms with Crippen molar-refractivity contribution in [2.24, 2.45) is 0 Å². The van der Waals surface area contributed by atoms with Gasteiger partial charge >= 0.3 is 0 Å². The molecule has 8 nitrogen and oxygen atoms in total. The largest absolute Gasteiger partial charge is 0.336 e. The molecule has 2 aliphatic rings. The van der Waals surface area contributed by atoms with Crippen LogP contribution in [0, 0.1) is 13.8 Å². The molecular formula is C24H25N5O3. The molecule has 1 saturated heterocycles. The van der Waals surface area contributed by atoms with Crippen molar-refractivity contribution >= 4 is 23.4 Å². The van der Waals surface area contributed by atoms with Crippen molar-refractivity contribution in [1.29, 1.82) is 0 Å². The number of imidazole rings is 1. The predicted molar refractivity (Wildman–Crippen MR) is 119 cm³/mol. The highest BCUT2D eigenvalue weighted by molar-refractivity contribution is 6.21. The fraction of sp³-hybridized carbons (Fsp3) is 0.333. The molecule has 2 aliphatic heterocycles. The maximum atomic E-state index is 13.0. The molecule has 0 unspecified atom stereocenters. The number of hydrogen-bond acceptors (Lipinski definition) is 5. The van der Waals surface area contributed by atoms with Gasteiger partial charge in [0, 0.05) is 51.5 Å². The molecule has 1 aromatic carbocycles. The van der Waals surface area contributed by atoms with Crippen molar-refractivity contribution < 1.29 is 14.4 Å². The van der Waals surface area contributed by atoms with E-state index in [1.54, 1.807) is 18.2 Å². The fourth-order valence-electron chi connectivity index (χ4n) is 4.50. The van der Waals surface area contributed by atoms with Gasteiger partial charge < -0.3 is 9.30 Å². The lowest BCUT2D eigenvalue weighted by Gasteiger charge is -2.34. The van der Waals surface area contributed by atoms with Gasteiger partial charge in [0.15, 0.2) is 0 Å². The number of aromatic nitrogens is 2. The van der Waals surface area contributed by atoms with Crippen LogP contribution in [0.1, 0.15) is 48.0 Å². The molecule has 1 fully saturated rings. The first-order valence-corrected chi connectivity index (χ1v) is 10.8. The molecule has 3 amide bonds. The quantitative estimate of drug-likeness (QED) is 0.594. The molecule has 0 N–H and O–H groups in total. The van der Waals surface area contributed by atoms with Crippen molar-refractivity contribution in [2.75, 3.05) is 33.2 Å². The first-order chi connectivity index (χ1) is 15.3. The minimum atomic E-state index is -0.358. The van der Waals surface area contributed by atoms with Crippen molar-refractivity contribution in [3.63, 3.8) is 0 Å². The average molecular weight is 431 g/mol. The molecule has 0 atom stereocenters. The summed E-state index contributed by atoms with van der Waals surface area (Å²) >= 11 is 0. The van der Waals surface area contributed by atoms with Crippen LogP contribution in [0.25, 0.3) is 5.65 Å². The molecule has 0 aliphatic carbocycles. The number of nitrogens with zero attached hydrogens (tertiary/aromatic N) is 5. The third kappa shape index (κ3) is 3.27. The van der Waals surface area contributed by atoms with E-state index in [4.69, 9.17) is 0 Å². The Labute approximate surface area is 186 Å². The highest BCUT2D eigenvalue weighted by atomic mass is 16.2. The Balaban J connectivity index is 1.27. The smallest absolute Gasteiger partial charge is 0.261 e. The molecule has 8 heteroatoms. The summed E-state index contributed by atoms with van der Waals surface area (Å²) in [6.07, 6.45) is 2.07. The van der Waals surface area contributed by atoms with E-state index in [1.807, 2.05) is 11.8 Å². The topological polar surface area (TPSA) is 78.2 Å². The second-order valence-corrected chi connectivity index (χ2v) is 8.57. The monoisotopic (exact) mass is 431 g/mol. The zero-order valence-electron chi connectivity index (χ0n) is 18.5. The van der Waals surface area contributed by atoms with Crippen LogP contribution in [0.2, 0.25) is 0 Å². The van der Waals surface area contributed by atoms with Crippen molar-refractivity contribution in [3.05, 3.63) is 70.2 Å². The van der Waals surface area contributed by atoms with Crippen molar-refractivity contribution in [2.45, 2.75) is 20.4 Å². The van der Waals surface area contributed by atoms with Crippen LogP contribution in [0.15, 0.2) is 36.5 Å². The van der Waals surface area contributed by atoms with Gasteiger partial charge in [0.2, 0.25) is 0 Å². The Kier molecular flexibility index (Phi) is 4.82. The summed E-state index contributed by atoms with van der Waals surface area (Å²) in [5, 5.41) is 0. The SMILES string of the molecule is Cc1ccn2c(CN3CCN(C(=O)c4ccc5c(c4)C(=O)N(C)C5=O)CC3)c(C)nc2c1. The Morgan fingerprint density at radius 1 is 0.969 bits per heavy atom. The first-order valence-electron chi connectivity index (χ1n) is 10.8. The van der Waals surface area contributed by atoms with E-state index in [9.17, 15) is 14.4 Å². The normalized spacial score (nSPS) is 16.8. The fourth-order valence-corrected chi connectivity index (χ4v) is 4.50. The Hall–Kier alpha value is -3.52. The highest BCUT2D eigenvalue weighted by Crippen LogP contribution is 2.24. The first kappa shape index (κ1) is 20.4. The van der Waals surface area contributed by atoms with E-state index in [-0.39, 0.29) is 17.7 Å². The second-order valence-electron chi connectivity index (χ2n) is 8.57. The van der Waals surface area contributed by atoms with Gasteiger partial charge in [-0.3, -0.25) is 24.2 Å². The van der Waals surface area contributed by atoms with E-state index in [1.165, 1.54) is 18.3 Å². The van der Waals surface area contributed by atoms with Gasteiger partial charge in [-0.2, -0.15) is 0 Å². The van der Waals surface area contributed by atoms with E-state index in [0.717, 1.165) is 35.9 Å². The van der Waals surface area contributed by atoms with E-state index in [2.05, 4.69) is 39.5 Å². The number of benzene rings is 1. The number of hydrogen-bond donors (Lipinski definition) is 0. The zero-order chi connectivity index (χ0) is 22.6. The van der Waals surface area contributed by atoms with Crippen LogP contribution in [-0.2, 0) is 6.54 Å². The van der Waals surface area contributed by atoms with Gasteiger partial charge in [0.25, 0.3) is 17.7 Å². The minimum Gasteiger partial charge on any atom is -0.336 e. The number of rotatable bonds is 3. The molecule has 2 aromatic heterocycles. The summed E-state index contributed by atoms with van der Waals surface area (Å²) in [5.41, 5.74) is 5.45. The minimum absolute atomic E-state index is 0.108. The third-order valence-corrected chi connectivity index (χ3v) is 6.45. The molecule has 32 heavy (non-hydrogen) atoms. The number of aryl methyl sites for hydroxylation is 2. The summed E-state index contributed by atoms with van der Waals surface area (Å²) in [7, 11) is 1.46. The molecule has 5 rings (SSSR count). The standard InChI is InChI=1S/C24H25N5O3/c1-15-6-7-29-20(16(2)25-21(29)12-15)14-27-8-10-28(11-9-27)22(30)17-4-5-18-19(13-17)24(32)26(3)23(18)31/h4-7,12-13H,8-11,14H2,1-3H3. The van der Waals surface area contributed by atoms with Crippen LogP contribution in [0.4, 0.5) is 0 Å². The number of pyridine rings is 1. The number of carbonyl (C=O) groups is 3. The second kappa shape index (κ2) is 7.56. The lowest BCUT2D eigenvalue weighted by Crippen LogP contribution is -2.48. The van der Waals surface area contributed by atoms with Gasteiger partial charge in [0.05, 0.1) is 22.5 Å². The van der Waals surface area contributed by atoms with Crippen molar-refractivity contribution in [3.8, 4) is 0 Å². The zero-order valence-corrected chi connectivity index (χ0v) is 18.5. The molecule has 0 bridgehead atoms. The van der Waals surface area contributed by atoms with Gasteiger partial charge in [0.1, 0.15) is 5.65 Å². The molecule has 164 valence electrons. The van der Waals surface area contributed by atoms with Crippen LogP contribution in [0.3, 0.4) is 0 Å². The molecule has 0 saturated carbocycles. The molecule has 4 heterocycles. The number of carbonyl (C=O) groups excluding carboxylic acids is 3. The summed E-state index contributed by atoms with van der Waals surface area (Å²) in [4.78, 5) is 47.3. The summed E-state index contributed by atoms with van der Waals surface area (Å²) in [6, 6.07) is 8.94. The van der Waals surface area contributed by atoms with Crippen LogP contribution in [0.5, 0.6) is 0 Å². The number of amides is 3. The third-order valence-electron chi connectivity index (χ3n) is 6.45. The number of fused-ring (bicyclic) bond motifs is 2. The van der Waals surface area contributed by atoms with E-state index >= 15 is 0 Å². The predicted octanol–water partition coefficient (Wildman–Crippen LogP) is 2.13. The average Bonchev–Trinajstić information content (AvgIpc) is 3.21. The van der Waals surface area contributed by atoms with Crippen LogP contribution in [-0.4, -0.2) is 75.0 Å². The molecule has 0 spiro atoms. The Bertz CT molecular complexity index is 1270. The summed E-state index contributed by atoms with van der Waals surface area (Å²) in [6.45, 7) is 7.61. The van der Waals surface area contributed by atoms with Crippen molar-refractivity contribution in [1.82, 2.24) is 24.1 Å². The van der Waals surface area contributed by atoms with Crippen LogP contribution >= 0.6 is 0 Å². The summed E-state index contributed by atoms with van der Waals surface area (Å²) in [5.74, 6) is -0.790. The summed E-state index contributed by atoms with van der Waals surface area (Å²) < 4.78 is 2.14. The lowest BCUT2D eigenvalue weighted by atomic mass is 10.0. The van der Waals surface area contributed by atoms with Gasteiger partial charge in [-0.1, -0.05) is 0 Å². The number of piperazine rings is 1. The molecule has 3 aromatic rings. The van der Waals surface area contributed by atoms with E-state index < -0.39 is 0 Å². The highest BCUT2D eigenvalue weighted by Gasteiger charge is 2.34. The lowest BCUT2D eigenvalue weighted by molar-refractivity contribution is 0.0625. The van der Waals surface area contributed by atoms with Gasteiger partial charge in [-0.05, 0) is 49.7 Å². The maximum absolute atomic E-state index is 13.0. The maximum Gasteiger partial charge on any atom is 0.261 e. The van der Waals surface area contributed by atoms with Gasteiger partial charge in [-0.15, -0.1) is 0 Å². The Morgan fingerprint density at radius 3 is 2.44 bits per heavy atom. The van der Waals surface area contributed by atoms with Crippen LogP contribution < -0.4 is 0 Å². The van der Waals surface area contributed by atoms with Gasteiger partial charge in [-0.25, -0.2) is 4.98 Å².